The number of para-hydroxylation sites is 1. The summed E-state index contributed by atoms with van der Waals surface area (Å²) in [6.07, 6.45) is 1.41. The molecule has 0 aliphatic carbocycles. The molecule has 2 aromatic carbocycles. The number of amides is 4. The third-order valence-electron chi connectivity index (χ3n) is 5.60. The van der Waals surface area contributed by atoms with Gasteiger partial charge < -0.3 is 9.80 Å². The van der Waals surface area contributed by atoms with Gasteiger partial charge in [0.15, 0.2) is 0 Å². The van der Waals surface area contributed by atoms with Crippen molar-refractivity contribution in [3.8, 4) is 0 Å². The van der Waals surface area contributed by atoms with Crippen LogP contribution < -0.4 is 4.90 Å². The van der Waals surface area contributed by atoms with E-state index in [4.69, 9.17) is 0 Å². The Bertz CT molecular complexity index is 898. The molecule has 0 spiro atoms. The van der Waals surface area contributed by atoms with E-state index >= 15 is 0 Å². The number of thioether (sulfide) groups is 1. The van der Waals surface area contributed by atoms with Crippen LogP contribution in [0.4, 0.5) is 10.5 Å². The zero-order chi connectivity index (χ0) is 20.9. The summed E-state index contributed by atoms with van der Waals surface area (Å²) in [5, 5.41) is 0. The van der Waals surface area contributed by atoms with Gasteiger partial charge in [0, 0.05) is 24.9 Å². The van der Waals surface area contributed by atoms with E-state index in [0.717, 1.165) is 5.75 Å². The quantitative estimate of drug-likeness (QED) is 0.669. The maximum absolute atomic E-state index is 12.9. The monoisotopic (exact) mass is 423 g/mol. The van der Waals surface area contributed by atoms with Crippen LogP contribution in [-0.4, -0.2) is 59.1 Å². The Hall–Kier alpha value is -2.80. The number of hydrogen-bond donors (Lipinski definition) is 0. The molecule has 156 valence electrons. The van der Waals surface area contributed by atoms with E-state index in [2.05, 4.69) is 12.1 Å². The molecule has 0 saturated carbocycles. The molecule has 2 aromatic rings. The Morgan fingerprint density at radius 3 is 2.23 bits per heavy atom. The zero-order valence-corrected chi connectivity index (χ0v) is 17.6. The van der Waals surface area contributed by atoms with Crippen LogP contribution in [0.3, 0.4) is 0 Å². The van der Waals surface area contributed by atoms with Gasteiger partial charge in [-0.05, 0) is 30.5 Å². The molecule has 2 aliphatic rings. The van der Waals surface area contributed by atoms with Crippen LogP contribution in [0, 0.1) is 0 Å². The third kappa shape index (κ3) is 4.51. The average Bonchev–Trinajstić information content (AvgIpc) is 3.09. The summed E-state index contributed by atoms with van der Waals surface area (Å²) in [6, 6.07) is 18.9. The predicted octanol–water partition coefficient (Wildman–Crippen LogP) is 3.38. The van der Waals surface area contributed by atoms with Crippen molar-refractivity contribution in [1.29, 1.82) is 0 Å². The summed E-state index contributed by atoms with van der Waals surface area (Å²) >= 11 is 1.63. The number of carbonyl (C=O) groups excluding carboxylic acids is 3. The van der Waals surface area contributed by atoms with Gasteiger partial charge in [0.05, 0.1) is 11.4 Å². The minimum absolute atomic E-state index is 0.00353. The van der Waals surface area contributed by atoms with Crippen molar-refractivity contribution >= 4 is 35.3 Å². The molecule has 2 fully saturated rings. The molecular weight excluding hydrogens is 398 g/mol. The summed E-state index contributed by atoms with van der Waals surface area (Å²) in [7, 11) is 0. The van der Waals surface area contributed by atoms with Crippen LogP contribution in [0.25, 0.3) is 0 Å². The highest BCUT2D eigenvalue weighted by Crippen LogP contribution is 2.26. The Morgan fingerprint density at radius 2 is 1.57 bits per heavy atom. The van der Waals surface area contributed by atoms with Gasteiger partial charge >= 0.3 is 6.03 Å². The van der Waals surface area contributed by atoms with E-state index in [1.54, 1.807) is 28.8 Å². The maximum atomic E-state index is 12.9. The second-order valence-electron chi connectivity index (χ2n) is 7.57. The van der Waals surface area contributed by atoms with E-state index in [1.165, 1.54) is 10.5 Å². The van der Waals surface area contributed by atoms with Gasteiger partial charge in [-0.25, -0.2) is 9.69 Å². The Kier molecular flexibility index (Phi) is 6.38. The minimum atomic E-state index is -0.255. The van der Waals surface area contributed by atoms with Gasteiger partial charge in [0.2, 0.25) is 5.91 Å². The van der Waals surface area contributed by atoms with E-state index in [-0.39, 0.29) is 30.4 Å². The number of likely N-dealkylation sites (tertiary alicyclic amines) is 1. The highest BCUT2D eigenvalue weighted by molar-refractivity contribution is 7.99. The molecular formula is C23H25N3O3S. The first kappa shape index (κ1) is 20.5. The van der Waals surface area contributed by atoms with Gasteiger partial charge in [-0.3, -0.25) is 9.59 Å². The molecule has 6 nitrogen and oxygen atoms in total. The molecule has 0 unspecified atom stereocenters. The fourth-order valence-corrected chi connectivity index (χ4v) is 4.87. The van der Waals surface area contributed by atoms with E-state index in [1.807, 2.05) is 41.3 Å². The lowest BCUT2D eigenvalue weighted by Crippen LogP contribution is -2.48. The number of carbonyl (C=O) groups is 3. The maximum Gasteiger partial charge on any atom is 0.332 e. The van der Waals surface area contributed by atoms with Crippen molar-refractivity contribution in [2.75, 3.05) is 30.3 Å². The van der Waals surface area contributed by atoms with Crippen LogP contribution in [0.15, 0.2) is 60.7 Å². The summed E-state index contributed by atoms with van der Waals surface area (Å²) in [5.74, 6) is 1.23. The zero-order valence-electron chi connectivity index (χ0n) is 16.8. The fourth-order valence-electron chi connectivity index (χ4n) is 3.98. The first-order valence-corrected chi connectivity index (χ1v) is 11.4. The molecule has 30 heavy (non-hydrogen) atoms. The number of hydrogen-bond acceptors (Lipinski definition) is 4. The molecule has 2 heterocycles. The standard InChI is InChI=1S/C23H25N3O3S/c27-21-15-25(23(29)26(21)20-9-5-2-6-10-20)19-11-13-24(14-12-19)22(28)17-30-16-18-7-3-1-4-8-18/h1-10,19H,11-17H2. The summed E-state index contributed by atoms with van der Waals surface area (Å²) in [5.41, 5.74) is 1.83. The molecule has 0 aromatic heterocycles. The van der Waals surface area contributed by atoms with Crippen molar-refractivity contribution in [3.05, 3.63) is 66.2 Å². The molecule has 7 heteroatoms. The number of urea groups is 1. The SMILES string of the molecule is O=C(CSCc1ccccc1)N1CCC(N2CC(=O)N(c3ccccc3)C2=O)CC1. The summed E-state index contributed by atoms with van der Waals surface area (Å²) < 4.78 is 0. The number of rotatable bonds is 6. The molecule has 0 N–H and O–H groups in total. The molecule has 2 saturated heterocycles. The topological polar surface area (TPSA) is 60.9 Å². The molecule has 4 amide bonds. The number of benzene rings is 2. The van der Waals surface area contributed by atoms with Gasteiger partial charge in [0.25, 0.3) is 5.91 Å². The van der Waals surface area contributed by atoms with Crippen molar-refractivity contribution in [2.24, 2.45) is 0 Å². The molecule has 2 aliphatic heterocycles. The molecule has 0 atom stereocenters. The second kappa shape index (κ2) is 9.34. The summed E-state index contributed by atoms with van der Waals surface area (Å²) in [6.45, 7) is 1.36. The van der Waals surface area contributed by atoms with Crippen LogP contribution >= 0.6 is 11.8 Å². The number of nitrogens with zero attached hydrogens (tertiary/aromatic N) is 3. The Labute approximate surface area is 180 Å². The normalized spacial score (nSPS) is 17.7. The van der Waals surface area contributed by atoms with Crippen molar-refractivity contribution < 1.29 is 14.4 Å². The fraction of sp³-hybridized carbons (Fsp3) is 0.348. The van der Waals surface area contributed by atoms with Gasteiger partial charge in [-0.1, -0.05) is 48.5 Å². The number of piperidine rings is 1. The van der Waals surface area contributed by atoms with E-state index in [0.29, 0.717) is 37.4 Å². The van der Waals surface area contributed by atoms with Crippen LogP contribution in [0.1, 0.15) is 18.4 Å². The Morgan fingerprint density at radius 1 is 0.933 bits per heavy atom. The van der Waals surface area contributed by atoms with Gasteiger partial charge in [-0.2, -0.15) is 0 Å². The lowest BCUT2D eigenvalue weighted by Gasteiger charge is -2.36. The van der Waals surface area contributed by atoms with E-state index < -0.39 is 0 Å². The number of imide groups is 1. The van der Waals surface area contributed by atoms with Crippen molar-refractivity contribution in [3.63, 3.8) is 0 Å². The molecule has 0 bridgehead atoms. The van der Waals surface area contributed by atoms with Crippen molar-refractivity contribution in [1.82, 2.24) is 9.80 Å². The van der Waals surface area contributed by atoms with Crippen LogP contribution in [-0.2, 0) is 15.3 Å². The highest BCUT2D eigenvalue weighted by atomic mass is 32.2. The van der Waals surface area contributed by atoms with Crippen LogP contribution in [0.5, 0.6) is 0 Å². The second-order valence-corrected chi connectivity index (χ2v) is 8.55. The highest BCUT2D eigenvalue weighted by Gasteiger charge is 2.41. The van der Waals surface area contributed by atoms with Crippen molar-refractivity contribution in [2.45, 2.75) is 24.6 Å². The first-order chi connectivity index (χ1) is 14.6. The summed E-state index contributed by atoms with van der Waals surface area (Å²) in [4.78, 5) is 42.6. The predicted molar refractivity (Wildman–Crippen MR) is 118 cm³/mol. The minimum Gasteiger partial charge on any atom is -0.342 e. The number of anilines is 1. The molecule has 0 radical (unpaired) electrons. The molecule has 4 rings (SSSR count). The van der Waals surface area contributed by atoms with E-state index in [9.17, 15) is 14.4 Å². The third-order valence-corrected chi connectivity index (χ3v) is 6.59. The Balaban J connectivity index is 1.26. The first-order valence-electron chi connectivity index (χ1n) is 10.2. The van der Waals surface area contributed by atoms with Crippen LogP contribution in [0.2, 0.25) is 0 Å². The van der Waals surface area contributed by atoms with Gasteiger partial charge in [-0.15, -0.1) is 11.8 Å². The average molecular weight is 424 g/mol. The largest absolute Gasteiger partial charge is 0.342 e. The van der Waals surface area contributed by atoms with Gasteiger partial charge in [0.1, 0.15) is 6.54 Å². The lowest BCUT2D eigenvalue weighted by molar-refractivity contribution is -0.130. The smallest absolute Gasteiger partial charge is 0.332 e. The lowest BCUT2D eigenvalue weighted by atomic mass is 10.0.